The number of benzene rings is 1. The molecule has 0 bridgehead atoms. The average molecular weight is 275 g/mol. The second kappa shape index (κ2) is 6.40. The monoisotopic (exact) mass is 275 g/mol. The van der Waals surface area contributed by atoms with Crippen molar-refractivity contribution in [2.45, 2.75) is 58.1 Å². The third-order valence-corrected chi connectivity index (χ3v) is 4.41. The molecule has 0 heterocycles. The zero-order valence-electron chi connectivity index (χ0n) is 12.4. The number of hydrogen-bond acceptors (Lipinski definition) is 2. The molecule has 2 atom stereocenters. The van der Waals surface area contributed by atoms with Gasteiger partial charge in [-0.3, -0.25) is 4.79 Å². The van der Waals surface area contributed by atoms with Crippen molar-refractivity contribution in [1.29, 1.82) is 0 Å². The highest BCUT2D eigenvalue weighted by molar-refractivity contribution is 5.77. The molecule has 1 aromatic carbocycles. The first kappa shape index (κ1) is 15.0. The van der Waals surface area contributed by atoms with E-state index in [2.05, 4.69) is 19.2 Å². The van der Waals surface area contributed by atoms with E-state index in [1.807, 2.05) is 30.3 Å². The second-order valence-corrected chi connectivity index (χ2v) is 6.49. The van der Waals surface area contributed by atoms with Crippen molar-refractivity contribution in [2.75, 3.05) is 0 Å². The van der Waals surface area contributed by atoms with Crippen LogP contribution in [0.4, 0.5) is 0 Å². The molecule has 0 radical (unpaired) electrons. The summed E-state index contributed by atoms with van der Waals surface area (Å²) in [6.45, 7) is 4.43. The van der Waals surface area contributed by atoms with Crippen molar-refractivity contribution in [1.82, 2.24) is 5.32 Å². The van der Waals surface area contributed by atoms with E-state index in [-0.39, 0.29) is 23.8 Å². The fourth-order valence-corrected chi connectivity index (χ4v) is 2.98. The van der Waals surface area contributed by atoms with Crippen molar-refractivity contribution in [2.24, 2.45) is 5.41 Å². The van der Waals surface area contributed by atoms with E-state index < -0.39 is 6.10 Å². The number of amides is 1. The molecule has 20 heavy (non-hydrogen) atoms. The fraction of sp³-hybridized carbons (Fsp3) is 0.588. The van der Waals surface area contributed by atoms with E-state index in [0.29, 0.717) is 0 Å². The van der Waals surface area contributed by atoms with Crippen LogP contribution in [-0.2, 0) is 4.79 Å². The molecule has 1 aliphatic rings. The summed E-state index contributed by atoms with van der Waals surface area (Å²) in [5.41, 5.74) is 0.955. The molecule has 2 unspecified atom stereocenters. The summed E-state index contributed by atoms with van der Waals surface area (Å²) in [4.78, 5) is 12.1. The number of nitrogens with one attached hydrogen (secondary N) is 1. The molecule has 1 fully saturated rings. The first-order chi connectivity index (χ1) is 9.49. The molecule has 0 aliphatic heterocycles. The molecule has 1 aliphatic carbocycles. The lowest BCUT2D eigenvalue weighted by atomic mass is 9.73. The van der Waals surface area contributed by atoms with E-state index in [0.717, 1.165) is 18.4 Å². The molecule has 0 aromatic heterocycles. The summed E-state index contributed by atoms with van der Waals surface area (Å²) in [5.74, 6) is -0.0543. The van der Waals surface area contributed by atoms with Crippen LogP contribution >= 0.6 is 0 Å². The Kier molecular flexibility index (Phi) is 4.81. The first-order valence-corrected chi connectivity index (χ1v) is 7.51. The zero-order chi connectivity index (χ0) is 14.6. The van der Waals surface area contributed by atoms with Crippen LogP contribution in [0.1, 0.15) is 57.6 Å². The smallest absolute Gasteiger partial charge is 0.223 e. The maximum absolute atomic E-state index is 12.1. The molecule has 1 aromatic rings. The van der Waals surface area contributed by atoms with Crippen molar-refractivity contribution < 1.29 is 9.90 Å². The van der Waals surface area contributed by atoms with Crippen LogP contribution in [-0.4, -0.2) is 17.1 Å². The van der Waals surface area contributed by atoms with Crippen molar-refractivity contribution in [3.05, 3.63) is 35.9 Å². The molecule has 1 amide bonds. The minimum Gasteiger partial charge on any atom is -0.388 e. The maximum atomic E-state index is 12.1. The van der Waals surface area contributed by atoms with E-state index >= 15 is 0 Å². The van der Waals surface area contributed by atoms with E-state index in [9.17, 15) is 9.90 Å². The van der Waals surface area contributed by atoms with Crippen molar-refractivity contribution in [3.63, 3.8) is 0 Å². The summed E-state index contributed by atoms with van der Waals surface area (Å²) >= 11 is 0. The number of aliphatic hydroxyl groups excluding tert-OH is 1. The fourth-order valence-electron chi connectivity index (χ4n) is 2.98. The third kappa shape index (κ3) is 3.83. The molecular weight excluding hydrogens is 250 g/mol. The molecule has 1 saturated carbocycles. The summed E-state index contributed by atoms with van der Waals surface area (Å²) in [5, 5.41) is 13.2. The Labute approximate surface area is 121 Å². The minimum atomic E-state index is -0.720. The van der Waals surface area contributed by atoms with Gasteiger partial charge in [0.25, 0.3) is 0 Å². The van der Waals surface area contributed by atoms with Crippen LogP contribution in [0, 0.1) is 5.41 Å². The standard InChI is InChI=1S/C17H25NO2/c1-17(2)11-7-6-10-15(17)18-16(20)12-14(19)13-8-4-3-5-9-13/h3-5,8-9,14-15,19H,6-7,10-12H2,1-2H3,(H,18,20). The Balaban J connectivity index is 1.89. The lowest BCUT2D eigenvalue weighted by Gasteiger charge is -2.39. The molecule has 2 N–H and O–H groups in total. The average Bonchev–Trinajstić information content (AvgIpc) is 2.42. The molecule has 3 nitrogen and oxygen atoms in total. The van der Waals surface area contributed by atoms with Gasteiger partial charge in [0, 0.05) is 6.04 Å². The number of carbonyl (C=O) groups is 1. The molecule has 2 rings (SSSR count). The Bertz CT molecular complexity index is 442. The maximum Gasteiger partial charge on any atom is 0.223 e. The number of carbonyl (C=O) groups excluding carboxylic acids is 1. The van der Waals surface area contributed by atoms with Gasteiger partial charge in [-0.2, -0.15) is 0 Å². The van der Waals surface area contributed by atoms with Gasteiger partial charge in [-0.05, 0) is 23.8 Å². The number of hydrogen-bond donors (Lipinski definition) is 2. The summed E-state index contributed by atoms with van der Waals surface area (Å²) in [6, 6.07) is 9.58. The van der Waals surface area contributed by atoms with Gasteiger partial charge >= 0.3 is 0 Å². The van der Waals surface area contributed by atoms with Crippen LogP contribution in [0.25, 0.3) is 0 Å². The molecule has 110 valence electrons. The summed E-state index contributed by atoms with van der Waals surface area (Å²) in [7, 11) is 0. The van der Waals surface area contributed by atoms with Gasteiger partial charge in [-0.1, -0.05) is 57.0 Å². The van der Waals surface area contributed by atoms with Gasteiger partial charge in [0.05, 0.1) is 12.5 Å². The Hall–Kier alpha value is -1.35. The Morgan fingerprint density at radius 3 is 2.70 bits per heavy atom. The largest absolute Gasteiger partial charge is 0.388 e. The molecule has 0 saturated heterocycles. The first-order valence-electron chi connectivity index (χ1n) is 7.51. The summed E-state index contributed by atoms with van der Waals surface area (Å²) < 4.78 is 0. The molecular formula is C17H25NO2. The van der Waals surface area contributed by atoms with Gasteiger partial charge in [0.15, 0.2) is 0 Å². The predicted octanol–water partition coefficient (Wildman–Crippen LogP) is 3.20. The van der Waals surface area contributed by atoms with E-state index in [4.69, 9.17) is 0 Å². The summed E-state index contributed by atoms with van der Waals surface area (Å²) in [6.07, 6.45) is 4.03. The van der Waals surface area contributed by atoms with Gasteiger partial charge in [-0.25, -0.2) is 0 Å². The van der Waals surface area contributed by atoms with Crippen LogP contribution in [0.2, 0.25) is 0 Å². The normalized spacial score (nSPS) is 23.1. The van der Waals surface area contributed by atoms with Crippen molar-refractivity contribution >= 4 is 5.91 Å². The van der Waals surface area contributed by atoms with Crippen LogP contribution < -0.4 is 5.32 Å². The quantitative estimate of drug-likeness (QED) is 0.886. The predicted molar refractivity (Wildman–Crippen MR) is 80.2 cm³/mol. The highest BCUT2D eigenvalue weighted by Gasteiger charge is 2.33. The number of aliphatic hydroxyl groups is 1. The molecule has 3 heteroatoms. The van der Waals surface area contributed by atoms with Crippen LogP contribution in [0.5, 0.6) is 0 Å². The van der Waals surface area contributed by atoms with Crippen molar-refractivity contribution in [3.8, 4) is 0 Å². The highest BCUT2D eigenvalue weighted by Crippen LogP contribution is 2.35. The third-order valence-electron chi connectivity index (χ3n) is 4.41. The molecule has 0 spiro atoms. The van der Waals surface area contributed by atoms with Crippen LogP contribution in [0.15, 0.2) is 30.3 Å². The topological polar surface area (TPSA) is 49.3 Å². The zero-order valence-corrected chi connectivity index (χ0v) is 12.4. The SMILES string of the molecule is CC1(C)CCCCC1NC(=O)CC(O)c1ccccc1. The minimum absolute atomic E-state index is 0.0543. The van der Waals surface area contributed by atoms with E-state index in [1.165, 1.54) is 12.8 Å². The number of rotatable bonds is 4. The van der Waals surface area contributed by atoms with Gasteiger partial charge in [-0.15, -0.1) is 0 Å². The lowest BCUT2D eigenvalue weighted by molar-refractivity contribution is -0.125. The van der Waals surface area contributed by atoms with Gasteiger partial charge in [0.1, 0.15) is 0 Å². The highest BCUT2D eigenvalue weighted by atomic mass is 16.3. The van der Waals surface area contributed by atoms with E-state index in [1.54, 1.807) is 0 Å². The van der Waals surface area contributed by atoms with Crippen LogP contribution in [0.3, 0.4) is 0 Å². The Morgan fingerprint density at radius 2 is 2.05 bits per heavy atom. The Morgan fingerprint density at radius 1 is 1.35 bits per heavy atom. The lowest BCUT2D eigenvalue weighted by Crippen LogP contribution is -2.47. The second-order valence-electron chi connectivity index (χ2n) is 6.49. The van der Waals surface area contributed by atoms with Gasteiger partial charge in [0.2, 0.25) is 5.91 Å². The van der Waals surface area contributed by atoms with Gasteiger partial charge < -0.3 is 10.4 Å².